The zero-order valence-corrected chi connectivity index (χ0v) is 14.4. The minimum absolute atomic E-state index is 0.293. The van der Waals surface area contributed by atoms with Crippen LogP contribution in [0.4, 0.5) is 0 Å². The van der Waals surface area contributed by atoms with E-state index in [9.17, 15) is 4.79 Å². The molecule has 0 saturated carbocycles. The van der Waals surface area contributed by atoms with Gasteiger partial charge >= 0.3 is 0 Å². The van der Waals surface area contributed by atoms with Crippen LogP contribution in [0.5, 0.6) is 0 Å². The SMILES string of the molecule is CCOCCN1CCN(CC2CCN(CC(C)=O)CC2)CC1. The summed E-state index contributed by atoms with van der Waals surface area (Å²) in [5, 5.41) is 0. The van der Waals surface area contributed by atoms with Crippen molar-refractivity contribution in [2.24, 2.45) is 5.92 Å². The van der Waals surface area contributed by atoms with Gasteiger partial charge in [0.05, 0.1) is 13.2 Å². The maximum atomic E-state index is 11.2. The first-order valence-electron chi connectivity index (χ1n) is 8.91. The summed E-state index contributed by atoms with van der Waals surface area (Å²) in [6.07, 6.45) is 2.50. The minimum Gasteiger partial charge on any atom is -0.380 e. The van der Waals surface area contributed by atoms with Crippen molar-refractivity contribution < 1.29 is 9.53 Å². The van der Waals surface area contributed by atoms with Crippen LogP contribution < -0.4 is 0 Å². The highest BCUT2D eigenvalue weighted by Crippen LogP contribution is 2.19. The number of piperazine rings is 1. The third kappa shape index (κ3) is 6.32. The third-order valence-electron chi connectivity index (χ3n) is 4.89. The van der Waals surface area contributed by atoms with Gasteiger partial charge in [-0.05, 0) is 45.7 Å². The predicted molar refractivity (Wildman–Crippen MR) is 89.2 cm³/mol. The molecule has 0 amide bonds. The Bertz CT molecular complexity index is 322. The summed E-state index contributed by atoms with van der Waals surface area (Å²) in [6, 6.07) is 0. The second-order valence-corrected chi connectivity index (χ2v) is 6.76. The average Bonchev–Trinajstić information content (AvgIpc) is 2.51. The zero-order valence-electron chi connectivity index (χ0n) is 14.4. The molecule has 128 valence electrons. The quantitative estimate of drug-likeness (QED) is 0.624. The number of carbonyl (C=O) groups is 1. The van der Waals surface area contributed by atoms with Crippen molar-refractivity contribution in [3.8, 4) is 0 Å². The van der Waals surface area contributed by atoms with Crippen LogP contribution in [0.2, 0.25) is 0 Å². The van der Waals surface area contributed by atoms with Crippen molar-refractivity contribution in [3.63, 3.8) is 0 Å². The van der Waals surface area contributed by atoms with Crippen LogP contribution in [0, 0.1) is 5.92 Å². The number of ketones is 1. The summed E-state index contributed by atoms with van der Waals surface area (Å²) >= 11 is 0. The molecule has 0 aromatic carbocycles. The van der Waals surface area contributed by atoms with Crippen molar-refractivity contribution in [3.05, 3.63) is 0 Å². The fourth-order valence-electron chi connectivity index (χ4n) is 3.54. The Morgan fingerprint density at radius 1 is 1.00 bits per heavy atom. The molecule has 0 bridgehead atoms. The molecule has 5 nitrogen and oxygen atoms in total. The predicted octanol–water partition coefficient (Wildman–Crippen LogP) is 0.942. The van der Waals surface area contributed by atoms with E-state index in [4.69, 9.17) is 4.74 Å². The Labute approximate surface area is 135 Å². The van der Waals surface area contributed by atoms with Crippen LogP contribution in [0.1, 0.15) is 26.7 Å². The lowest BCUT2D eigenvalue weighted by atomic mass is 9.96. The summed E-state index contributed by atoms with van der Waals surface area (Å²) in [6.45, 7) is 15.3. The Hall–Kier alpha value is -0.490. The monoisotopic (exact) mass is 311 g/mol. The second kappa shape index (κ2) is 9.60. The highest BCUT2D eigenvalue weighted by molar-refractivity contribution is 5.77. The molecule has 2 heterocycles. The molecule has 22 heavy (non-hydrogen) atoms. The van der Waals surface area contributed by atoms with Crippen LogP contribution in [-0.2, 0) is 9.53 Å². The largest absolute Gasteiger partial charge is 0.380 e. The van der Waals surface area contributed by atoms with E-state index in [0.717, 1.165) is 38.8 Å². The Kier molecular flexibility index (Phi) is 7.80. The van der Waals surface area contributed by atoms with Gasteiger partial charge in [0.1, 0.15) is 5.78 Å². The normalized spacial score (nSPS) is 23.0. The van der Waals surface area contributed by atoms with Crippen molar-refractivity contribution in [1.82, 2.24) is 14.7 Å². The number of hydrogen-bond donors (Lipinski definition) is 0. The molecule has 0 radical (unpaired) electrons. The van der Waals surface area contributed by atoms with Gasteiger partial charge in [0.15, 0.2) is 0 Å². The lowest BCUT2D eigenvalue weighted by Crippen LogP contribution is -2.49. The summed E-state index contributed by atoms with van der Waals surface area (Å²) in [7, 11) is 0. The molecule has 2 aliphatic heterocycles. The van der Waals surface area contributed by atoms with E-state index in [2.05, 4.69) is 21.6 Å². The molecule has 0 unspecified atom stereocenters. The Morgan fingerprint density at radius 2 is 1.64 bits per heavy atom. The van der Waals surface area contributed by atoms with Crippen LogP contribution >= 0.6 is 0 Å². The summed E-state index contributed by atoms with van der Waals surface area (Å²) in [5.74, 6) is 1.11. The molecule has 0 aliphatic carbocycles. The van der Waals surface area contributed by atoms with E-state index < -0.39 is 0 Å². The molecule has 0 aromatic heterocycles. The molecule has 0 atom stereocenters. The molecule has 5 heteroatoms. The average molecular weight is 311 g/mol. The summed E-state index contributed by atoms with van der Waals surface area (Å²) in [4.78, 5) is 18.6. The lowest BCUT2D eigenvalue weighted by molar-refractivity contribution is -0.118. The second-order valence-electron chi connectivity index (χ2n) is 6.76. The molecule has 2 fully saturated rings. The maximum Gasteiger partial charge on any atom is 0.143 e. The number of piperidine rings is 1. The van der Waals surface area contributed by atoms with Gasteiger partial charge in [0, 0.05) is 45.9 Å². The van der Waals surface area contributed by atoms with Crippen LogP contribution in [0.3, 0.4) is 0 Å². The van der Waals surface area contributed by atoms with Gasteiger partial charge in [-0.15, -0.1) is 0 Å². The van der Waals surface area contributed by atoms with Gasteiger partial charge in [-0.3, -0.25) is 14.6 Å². The topological polar surface area (TPSA) is 36.0 Å². The van der Waals surface area contributed by atoms with Gasteiger partial charge in [-0.1, -0.05) is 0 Å². The van der Waals surface area contributed by atoms with Crippen LogP contribution in [0.15, 0.2) is 0 Å². The molecule has 2 saturated heterocycles. The van der Waals surface area contributed by atoms with Crippen LogP contribution in [0.25, 0.3) is 0 Å². The van der Waals surface area contributed by atoms with E-state index in [1.807, 2.05) is 0 Å². The van der Waals surface area contributed by atoms with Gasteiger partial charge < -0.3 is 9.64 Å². The zero-order chi connectivity index (χ0) is 15.8. The van der Waals surface area contributed by atoms with Gasteiger partial charge in [0.25, 0.3) is 0 Å². The number of likely N-dealkylation sites (tertiary alicyclic amines) is 1. The third-order valence-corrected chi connectivity index (χ3v) is 4.89. The molecule has 0 spiro atoms. The molecule has 0 aromatic rings. The first-order valence-corrected chi connectivity index (χ1v) is 8.91. The number of nitrogens with zero attached hydrogens (tertiary/aromatic N) is 3. The molecule has 2 rings (SSSR count). The van der Waals surface area contributed by atoms with E-state index in [1.54, 1.807) is 6.92 Å². The van der Waals surface area contributed by atoms with E-state index in [1.165, 1.54) is 45.6 Å². The fourth-order valence-corrected chi connectivity index (χ4v) is 3.54. The van der Waals surface area contributed by atoms with Gasteiger partial charge in [-0.2, -0.15) is 0 Å². The van der Waals surface area contributed by atoms with Crippen LogP contribution in [-0.4, -0.2) is 92.6 Å². The van der Waals surface area contributed by atoms with E-state index in [-0.39, 0.29) is 0 Å². The molecular weight excluding hydrogens is 278 g/mol. The van der Waals surface area contributed by atoms with E-state index >= 15 is 0 Å². The first kappa shape index (κ1) is 17.9. The standard InChI is InChI=1S/C17H33N3O2/c1-3-22-13-12-18-8-10-20(11-9-18)15-17-4-6-19(7-5-17)14-16(2)21/h17H,3-15H2,1-2H3. The number of carbonyl (C=O) groups excluding carboxylic acids is 1. The smallest absolute Gasteiger partial charge is 0.143 e. The number of rotatable bonds is 8. The fraction of sp³-hybridized carbons (Fsp3) is 0.941. The molecule has 0 N–H and O–H groups in total. The summed E-state index contributed by atoms with van der Waals surface area (Å²) in [5.41, 5.74) is 0. The van der Waals surface area contributed by atoms with Gasteiger partial charge in [0.2, 0.25) is 0 Å². The van der Waals surface area contributed by atoms with E-state index in [0.29, 0.717) is 12.3 Å². The number of hydrogen-bond acceptors (Lipinski definition) is 5. The number of Topliss-reactive ketones (excluding diaryl/α,β-unsaturated/α-hetero) is 1. The van der Waals surface area contributed by atoms with Crippen molar-refractivity contribution in [2.75, 3.05) is 72.1 Å². The van der Waals surface area contributed by atoms with Gasteiger partial charge in [-0.25, -0.2) is 0 Å². The number of ether oxygens (including phenoxy) is 1. The lowest BCUT2D eigenvalue weighted by Gasteiger charge is -2.38. The highest BCUT2D eigenvalue weighted by Gasteiger charge is 2.24. The first-order chi connectivity index (χ1) is 10.7. The maximum absolute atomic E-state index is 11.2. The Morgan fingerprint density at radius 3 is 2.23 bits per heavy atom. The van der Waals surface area contributed by atoms with Crippen molar-refractivity contribution in [2.45, 2.75) is 26.7 Å². The Balaban J connectivity index is 1.58. The van der Waals surface area contributed by atoms with Crippen molar-refractivity contribution in [1.29, 1.82) is 0 Å². The molecular formula is C17H33N3O2. The summed E-state index contributed by atoms with van der Waals surface area (Å²) < 4.78 is 5.44. The van der Waals surface area contributed by atoms with Crippen molar-refractivity contribution >= 4 is 5.78 Å². The minimum atomic E-state index is 0.293. The highest BCUT2D eigenvalue weighted by atomic mass is 16.5. The molecule has 2 aliphatic rings.